The predicted octanol–water partition coefficient (Wildman–Crippen LogP) is 6.83. The van der Waals surface area contributed by atoms with Crippen LogP contribution in [-0.2, 0) is 42.9 Å². The van der Waals surface area contributed by atoms with Crippen molar-refractivity contribution in [1.29, 1.82) is 0 Å². The second-order valence-corrected chi connectivity index (χ2v) is 26.3. The van der Waals surface area contributed by atoms with Crippen LogP contribution in [0.5, 0.6) is 0 Å². The lowest BCUT2D eigenvalue weighted by atomic mass is 10.0. The number of hydrogen-bond donors (Lipinski definition) is 4. The van der Waals surface area contributed by atoms with Crippen molar-refractivity contribution in [3.8, 4) is 0 Å². The third-order valence-corrected chi connectivity index (χ3v) is 18.7. The summed E-state index contributed by atoms with van der Waals surface area (Å²) < 4.78 is 58.6. The first-order valence-corrected chi connectivity index (χ1v) is 29.4. The first-order chi connectivity index (χ1) is 36.3. The average Bonchev–Trinajstić information content (AvgIpc) is 4.21. The zero-order valence-electron chi connectivity index (χ0n) is 45.0. The van der Waals surface area contributed by atoms with Gasteiger partial charge in [-0.05, 0) is 106 Å². The van der Waals surface area contributed by atoms with Gasteiger partial charge in [-0.25, -0.2) is 18.4 Å². The van der Waals surface area contributed by atoms with Crippen molar-refractivity contribution < 1.29 is 61.2 Å². The maximum absolute atomic E-state index is 16.5. The largest absolute Gasteiger partial charge is 0.453 e. The van der Waals surface area contributed by atoms with Gasteiger partial charge >= 0.3 is 12.2 Å². The van der Waals surface area contributed by atoms with E-state index < -0.39 is 91.9 Å². The highest BCUT2D eigenvalue weighted by molar-refractivity contribution is 6.77. The Kier molecular flexibility index (Phi) is 19.0. The predicted molar refractivity (Wildman–Crippen MR) is 285 cm³/mol. The van der Waals surface area contributed by atoms with E-state index in [2.05, 4.69) is 34.4 Å². The van der Waals surface area contributed by atoms with Crippen molar-refractivity contribution in [3.05, 3.63) is 83.4 Å². The molecule has 4 fully saturated rings. The van der Waals surface area contributed by atoms with E-state index in [4.69, 9.17) is 23.7 Å². The number of carbonyl (C=O) groups is 6. The molecule has 0 spiro atoms. The number of benzene rings is 3. The number of rotatable bonds is 18. The number of nitrogens with zero attached hydrogens (tertiary/aromatic N) is 4. The van der Waals surface area contributed by atoms with Gasteiger partial charge in [0.15, 0.2) is 11.6 Å². The molecule has 4 saturated heterocycles. The van der Waals surface area contributed by atoms with Gasteiger partial charge < -0.3 is 64.6 Å². The minimum absolute atomic E-state index is 0.0220. The van der Waals surface area contributed by atoms with E-state index in [1.165, 1.54) is 50.4 Å². The van der Waals surface area contributed by atoms with Gasteiger partial charge in [0.1, 0.15) is 29.9 Å². The summed E-state index contributed by atoms with van der Waals surface area (Å²) >= 11 is 0. The number of ether oxygens (including phenoxy) is 5. The fourth-order valence-corrected chi connectivity index (χ4v) is 13.0. The Morgan fingerprint density at radius 1 is 0.658 bits per heavy atom. The van der Waals surface area contributed by atoms with Gasteiger partial charge in [-0.1, -0.05) is 37.4 Å². The van der Waals surface area contributed by atoms with E-state index in [9.17, 15) is 28.8 Å². The summed E-state index contributed by atoms with van der Waals surface area (Å²) in [5, 5.41) is 11.0. The van der Waals surface area contributed by atoms with Gasteiger partial charge in [-0.3, -0.25) is 19.2 Å². The zero-order chi connectivity index (χ0) is 55.0. The van der Waals surface area contributed by atoms with E-state index in [1.807, 2.05) is 34.1 Å². The molecule has 3 aromatic rings. The van der Waals surface area contributed by atoms with Crippen LogP contribution in [0.3, 0.4) is 0 Å². The first kappa shape index (κ1) is 57.3. The van der Waals surface area contributed by atoms with Crippen molar-refractivity contribution in [2.45, 2.75) is 120 Å². The minimum atomic E-state index is -1.44. The molecular formula is C54H74F2N8O11Si. The summed E-state index contributed by atoms with van der Waals surface area (Å²) in [6.45, 7) is 9.89. The Balaban J connectivity index is 1.12. The zero-order valence-corrected chi connectivity index (χ0v) is 46.0. The third kappa shape index (κ3) is 13.1. The Morgan fingerprint density at radius 2 is 1.13 bits per heavy atom. The molecule has 76 heavy (non-hydrogen) atoms. The Bertz CT molecular complexity index is 2530. The number of likely N-dealkylation sites (tertiary alicyclic amines) is 2. The molecule has 4 heterocycles. The number of methoxy groups -OCH3 is 5. The number of carbonyl (C=O) groups excluding carboxylic acids is 6. The second-order valence-electron chi connectivity index (χ2n) is 21.0. The molecule has 0 unspecified atom stereocenters. The highest BCUT2D eigenvalue weighted by Crippen LogP contribution is 2.48. The molecule has 4 N–H and O–H groups in total. The summed E-state index contributed by atoms with van der Waals surface area (Å²) in [4.78, 5) is 86.8. The molecular weight excluding hydrogens is 1000 g/mol. The maximum Gasteiger partial charge on any atom is 0.407 e. The third-order valence-electron chi connectivity index (χ3n) is 15.6. The molecule has 22 heteroatoms. The lowest BCUT2D eigenvalue weighted by Gasteiger charge is -2.38. The summed E-state index contributed by atoms with van der Waals surface area (Å²) in [6, 6.07) is 14.6. The van der Waals surface area contributed by atoms with E-state index in [0.717, 1.165) is 23.2 Å². The van der Waals surface area contributed by atoms with Crippen molar-refractivity contribution in [2.24, 2.45) is 5.92 Å². The van der Waals surface area contributed by atoms with Crippen LogP contribution in [0.15, 0.2) is 60.7 Å². The van der Waals surface area contributed by atoms with Gasteiger partial charge in [-0.15, -0.1) is 0 Å². The van der Waals surface area contributed by atoms with Crippen LogP contribution in [0.4, 0.5) is 41.1 Å². The quantitative estimate of drug-likeness (QED) is 0.0965. The van der Waals surface area contributed by atoms with Crippen LogP contribution < -0.4 is 31.1 Å². The molecule has 0 aliphatic carbocycles. The lowest BCUT2D eigenvalue weighted by Crippen LogP contribution is -2.56. The van der Waals surface area contributed by atoms with E-state index >= 15 is 8.78 Å². The second kappa shape index (κ2) is 25.2. The minimum Gasteiger partial charge on any atom is -0.453 e. The first-order valence-electron chi connectivity index (χ1n) is 26.0. The molecule has 7 rings (SSSR count). The molecule has 3 aromatic carbocycles. The summed E-state index contributed by atoms with van der Waals surface area (Å²) in [5.74, 6) is -3.23. The van der Waals surface area contributed by atoms with Crippen molar-refractivity contribution in [1.82, 2.24) is 20.4 Å². The summed E-state index contributed by atoms with van der Waals surface area (Å²) in [5.41, 5.74) is 2.96. The number of alkyl carbamates (subject to hydrolysis) is 2. The van der Waals surface area contributed by atoms with Gasteiger partial charge in [0.2, 0.25) is 23.6 Å². The molecule has 0 saturated carbocycles. The standard InChI is InChI=1S/C54H74F2N8O11Si/c1-32(72-4)46(59-53(69)74-6)51(67)62-22-10-11-44(62)49(65)57-37-16-12-35(13-17-37)42-20-21-43(64(42)39-28-40(55)48(41(56)29-39)61-23-25-76(8,9)26-24-61)36-14-18-38(19-15-36)58-50(66)45-27-34(31-71-3)30-63(45)52(68)47(33(2)73-5)60-54(70)75-7/h12-19,28-29,32-34,42-47H,10-11,20-27,30-31H2,1-9H3,(H,57,65)(H,58,66)(H,59,69)(H,60,70)/t32-,33-,34+,42+,43+,44+,45+,46+,47+/m1/s1. The molecule has 0 radical (unpaired) electrons. The molecule has 4 aliphatic rings. The highest BCUT2D eigenvalue weighted by atomic mass is 28.3. The highest BCUT2D eigenvalue weighted by Gasteiger charge is 2.45. The van der Waals surface area contributed by atoms with Crippen molar-refractivity contribution in [3.63, 3.8) is 0 Å². The average molecular weight is 1080 g/mol. The van der Waals surface area contributed by atoms with Gasteiger partial charge in [-0.2, -0.15) is 0 Å². The molecule has 4 aliphatic heterocycles. The Morgan fingerprint density at radius 3 is 1.59 bits per heavy atom. The van der Waals surface area contributed by atoms with Crippen LogP contribution in [0.2, 0.25) is 25.2 Å². The van der Waals surface area contributed by atoms with Crippen molar-refractivity contribution in [2.75, 3.05) is 88.8 Å². The number of amides is 6. The summed E-state index contributed by atoms with van der Waals surface area (Å²) in [7, 11) is 5.34. The molecule has 9 atom stereocenters. The normalized spacial score (nSPS) is 22.8. The summed E-state index contributed by atoms with van der Waals surface area (Å²) in [6.07, 6.45) is -0.536. The fraction of sp³-hybridized carbons (Fsp3) is 0.556. The molecule has 6 amide bonds. The molecule has 414 valence electrons. The molecule has 19 nitrogen and oxygen atoms in total. The number of halogens is 2. The van der Waals surface area contributed by atoms with Crippen LogP contribution in [0.1, 0.15) is 69.2 Å². The number of nitrogens with one attached hydrogen (secondary N) is 4. The molecule has 0 bridgehead atoms. The van der Waals surface area contributed by atoms with Crippen LogP contribution in [0.25, 0.3) is 0 Å². The SMILES string of the molecule is COC[C@H]1C[C@@H](C(=O)Nc2ccc([C@@H]3CC[C@@H](c4ccc(NC(=O)[C@@H]5CCCN5C(=O)[C@@H](NC(=O)OC)[C@@H](C)OC)cc4)N3c3cc(F)c(N4CC[Si](C)(C)CC4)c(F)c3)cc2)N(C(=O)[C@@H](NC(=O)OC)[C@@H](C)OC)C1. The van der Waals surface area contributed by atoms with E-state index in [-0.39, 0.29) is 30.2 Å². The maximum atomic E-state index is 16.5. The Labute approximate surface area is 444 Å². The number of anilines is 4. The van der Waals surface area contributed by atoms with Crippen LogP contribution in [0, 0.1) is 17.6 Å². The van der Waals surface area contributed by atoms with Gasteiger partial charge in [0.25, 0.3) is 0 Å². The Hall–Kier alpha value is -6.36. The van der Waals surface area contributed by atoms with Crippen LogP contribution >= 0.6 is 0 Å². The van der Waals surface area contributed by atoms with Gasteiger partial charge in [0, 0.05) is 70.5 Å². The van der Waals surface area contributed by atoms with Gasteiger partial charge in [0.05, 0.1) is 53.2 Å². The van der Waals surface area contributed by atoms with Crippen LogP contribution in [-0.4, -0.2) is 158 Å². The van der Waals surface area contributed by atoms with Crippen molar-refractivity contribution >= 4 is 66.6 Å². The van der Waals surface area contributed by atoms with E-state index in [1.54, 1.807) is 45.2 Å². The van der Waals surface area contributed by atoms with E-state index in [0.29, 0.717) is 75.4 Å². The number of hydrogen-bond acceptors (Lipinski definition) is 13. The monoisotopic (exact) mass is 1080 g/mol. The fourth-order valence-electron chi connectivity index (χ4n) is 11.0. The smallest absolute Gasteiger partial charge is 0.407 e. The molecule has 0 aromatic heterocycles. The topological polar surface area (TPSA) is 210 Å². The lowest BCUT2D eigenvalue weighted by molar-refractivity contribution is -0.141.